The second-order valence-electron chi connectivity index (χ2n) is 5.71. The van der Waals surface area contributed by atoms with Gasteiger partial charge in [-0.1, -0.05) is 6.07 Å². The number of aromatic nitrogens is 2. The van der Waals surface area contributed by atoms with Crippen LogP contribution in [0.25, 0.3) is 0 Å². The van der Waals surface area contributed by atoms with E-state index in [-0.39, 0.29) is 24.4 Å². The van der Waals surface area contributed by atoms with Gasteiger partial charge in [-0.25, -0.2) is 8.78 Å². The van der Waals surface area contributed by atoms with Crippen LogP contribution in [0.5, 0.6) is 0 Å². The number of carbonyl (C=O) groups is 1. The summed E-state index contributed by atoms with van der Waals surface area (Å²) in [5.41, 5.74) is -0.697. The van der Waals surface area contributed by atoms with Gasteiger partial charge in [-0.15, -0.1) is 0 Å². The van der Waals surface area contributed by atoms with Gasteiger partial charge in [-0.3, -0.25) is 9.48 Å². The summed E-state index contributed by atoms with van der Waals surface area (Å²) >= 11 is 0. The molecule has 0 saturated carbocycles. The highest BCUT2D eigenvalue weighted by molar-refractivity contribution is 5.75. The zero-order valence-corrected chi connectivity index (χ0v) is 13.0. The van der Waals surface area contributed by atoms with Crippen LogP contribution in [0.3, 0.4) is 0 Å². The second-order valence-corrected chi connectivity index (χ2v) is 5.71. The highest BCUT2D eigenvalue weighted by Crippen LogP contribution is 2.23. The van der Waals surface area contributed by atoms with Crippen molar-refractivity contribution in [2.24, 2.45) is 0 Å². The molecule has 2 rings (SSSR count). The fraction of sp³-hybridized carbons (Fsp3) is 0.375. The highest BCUT2D eigenvalue weighted by Gasteiger charge is 2.27. The van der Waals surface area contributed by atoms with E-state index in [0.717, 1.165) is 11.6 Å². The lowest BCUT2D eigenvalue weighted by molar-refractivity contribution is -0.122. The second kappa shape index (κ2) is 6.87. The maximum absolute atomic E-state index is 13.7. The molecule has 124 valence electrons. The zero-order valence-electron chi connectivity index (χ0n) is 13.0. The van der Waals surface area contributed by atoms with E-state index < -0.39 is 17.2 Å². The van der Waals surface area contributed by atoms with Gasteiger partial charge in [-0.05, 0) is 25.5 Å². The number of aryl methyl sites for hydroxylation is 2. The molecule has 1 atom stereocenters. The van der Waals surface area contributed by atoms with E-state index in [9.17, 15) is 18.7 Å². The molecule has 1 amide bonds. The van der Waals surface area contributed by atoms with Gasteiger partial charge >= 0.3 is 0 Å². The van der Waals surface area contributed by atoms with Crippen molar-refractivity contribution < 1.29 is 18.7 Å². The molecule has 0 aliphatic carbocycles. The first kappa shape index (κ1) is 17.1. The molecule has 1 heterocycles. The Balaban J connectivity index is 1.89. The summed E-state index contributed by atoms with van der Waals surface area (Å²) in [6.45, 7) is 3.50. The molecule has 0 bridgehead atoms. The minimum atomic E-state index is -1.63. The Kier molecular flexibility index (Phi) is 5.10. The average molecular weight is 323 g/mol. The van der Waals surface area contributed by atoms with Crippen LogP contribution in [0.1, 0.15) is 24.5 Å². The summed E-state index contributed by atoms with van der Waals surface area (Å²) in [5, 5.41) is 16.9. The van der Waals surface area contributed by atoms with Crippen LogP contribution in [-0.4, -0.2) is 27.3 Å². The van der Waals surface area contributed by atoms with E-state index in [4.69, 9.17) is 0 Å². The molecule has 2 aromatic rings. The van der Waals surface area contributed by atoms with Gasteiger partial charge < -0.3 is 10.4 Å². The molecule has 23 heavy (non-hydrogen) atoms. The molecule has 5 nitrogen and oxygen atoms in total. The number of carbonyl (C=O) groups excluding carboxylic acids is 1. The number of amides is 1. The summed E-state index contributed by atoms with van der Waals surface area (Å²) in [7, 11) is 0. The van der Waals surface area contributed by atoms with E-state index in [1.54, 1.807) is 10.9 Å². The molecule has 7 heteroatoms. The fourth-order valence-electron chi connectivity index (χ4n) is 2.19. The van der Waals surface area contributed by atoms with Gasteiger partial charge in [0, 0.05) is 30.8 Å². The third kappa shape index (κ3) is 4.59. The minimum Gasteiger partial charge on any atom is -0.383 e. The number of hydrogen-bond donors (Lipinski definition) is 2. The van der Waals surface area contributed by atoms with E-state index in [0.29, 0.717) is 12.6 Å². The first-order valence-electron chi connectivity index (χ1n) is 7.21. The molecular formula is C16H19F2N3O2. The SMILES string of the molecule is Cc1cnn(CCC(=O)NCC(C)(O)c2ccc(F)cc2F)c1. The Hall–Kier alpha value is -2.28. The molecule has 0 spiro atoms. The van der Waals surface area contributed by atoms with Crippen molar-refractivity contribution in [3.63, 3.8) is 0 Å². The molecule has 1 aromatic carbocycles. The Labute approximate surface area is 132 Å². The predicted molar refractivity (Wildman–Crippen MR) is 80.5 cm³/mol. The van der Waals surface area contributed by atoms with E-state index in [1.807, 2.05) is 13.1 Å². The van der Waals surface area contributed by atoms with E-state index in [1.165, 1.54) is 13.0 Å². The first-order chi connectivity index (χ1) is 10.8. The molecule has 2 N–H and O–H groups in total. The Morgan fingerprint density at radius 2 is 2.17 bits per heavy atom. The molecule has 1 unspecified atom stereocenters. The Bertz CT molecular complexity index is 698. The molecule has 0 radical (unpaired) electrons. The van der Waals surface area contributed by atoms with Crippen molar-refractivity contribution >= 4 is 5.91 Å². The smallest absolute Gasteiger partial charge is 0.221 e. The third-order valence-corrected chi connectivity index (χ3v) is 3.47. The van der Waals surface area contributed by atoms with Gasteiger partial charge in [0.15, 0.2) is 0 Å². The lowest BCUT2D eigenvalue weighted by atomic mass is 9.95. The Morgan fingerprint density at radius 1 is 1.43 bits per heavy atom. The first-order valence-corrected chi connectivity index (χ1v) is 7.21. The van der Waals surface area contributed by atoms with Crippen molar-refractivity contribution in [3.8, 4) is 0 Å². The van der Waals surface area contributed by atoms with Crippen LogP contribution < -0.4 is 5.32 Å². The minimum absolute atomic E-state index is 0.0677. The number of benzene rings is 1. The molecule has 0 saturated heterocycles. The number of rotatable bonds is 6. The summed E-state index contributed by atoms with van der Waals surface area (Å²) in [5.74, 6) is -1.86. The lowest BCUT2D eigenvalue weighted by Crippen LogP contribution is -2.39. The van der Waals surface area contributed by atoms with Crippen LogP contribution >= 0.6 is 0 Å². The van der Waals surface area contributed by atoms with Crippen molar-refractivity contribution in [1.82, 2.24) is 15.1 Å². The van der Waals surface area contributed by atoms with Crippen LogP contribution in [0.4, 0.5) is 8.78 Å². The molecule has 0 fully saturated rings. The fourth-order valence-corrected chi connectivity index (χ4v) is 2.19. The monoisotopic (exact) mass is 323 g/mol. The van der Waals surface area contributed by atoms with Crippen molar-refractivity contribution in [3.05, 3.63) is 53.4 Å². The quantitative estimate of drug-likeness (QED) is 0.853. The summed E-state index contributed by atoms with van der Waals surface area (Å²) < 4.78 is 28.3. The van der Waals surface area contributed by atoms with Crippen LogP contribution in [0, 0.1) is 18.6 Å². The van der Waals surface area contributed by atoms with Crippen LogP contribution in [0.2, 0.25) is 0 Å². The van der Waals surface area contributed by atoms with Crippen molar-refractivity contribution in [2.45, 2.75) is 32.4 Å². The topological polar surface area (TPSA) is 67.2 Å². The maximum atomic E-state index is 13.7. The summed E-state index contributed by atoms with van der Waals surface area (Å²) in [6, 6.07) is 2.93. The molecular weight excluding hydrogens is 304 g/mol. The summed E-state index contributed by atoms with van der Waals surface area (Å²) in [6.07, 6.45) is 3.69. The zero-order chi connectivity index (χ0) is 17.0. The lowest BCUT2D eigenvalue weighted by Gasteiger charge is -2.24. The van der Waals surface area contributed by atoms with Crippen molar-refractivity contribution in [2.75, 3.05) is 6.54 Å². The third-order valence-electron chi connectivity index (χ3n) is 3.47. The highest BCUT2D eigenvalue weighted by atomic mass is 19.1. The van der Waals surface area contributed by atoms with Crippen LogP contribution in [-0.2, 0) is 16.9 Å². The van der Waals surface area contributed by atoms with E-state index >= 15 is 0 Å². The van der Waals surface area contributed by atoms with Gasteiger partial charge in [-0.2, -0.15) is 5.10 Å². The largest absolute Gasteiger partial charge is 0.383 e. The average Bonchev–Trinajstić information content (AvgIpc) is 2.88. The van der Waals surface area contributed by atoms with Gasteiger partial charge in [0.25, 0.3) is 0 Å². The van der Waals surface area contributed by atoms with Crippen molar-refractivity contribution in [1.29, 1.82) is 0 Å². The molecule has 1 aromatic heterocycles. The van der Waals surface area contributed by atoms with Crippen LogP contribution in [0.15, 0.2) is 30.6 Å². The normalized spacial score (nSPS) is 13.6. The maximum Gasteiger partial charge on any atom is 0.221 e. The predicted octanol–water partition coefficient (Wildman–Crippen LogP) is 1.88. The number of halogens is 2. The van der Waals surface area contributed by atoms with E-state index in [2.05, 4.69) is 10.4 Å². The van der Waals surface area contributed by atoms with Gasteiger partial charge in [0.1, 0.15) is 17.2 Å². The number of aliphatic hydroxyl groups is 1. The molecule has 0 aliphatic heterocycles. The number of nitrogens with zero attached hydrogens (tertiary/aromatic N) is 2. The summed E-state index contributed by atoms with van der Waals surface area (Å²) in [4.78, 5) is 11.8. The standard InChI is InChI=1S/C16H19F2N3O2/c1-11-8-20-21(9-11)6-5-15(22)19-10-16(2,23)13-4-3-12(17)7-14(13)18/h3-4,7-9,23H,5-6,10H2,1-2H3,(H,19,22). The Morgan fingerprint density at radius 3 is 2.78 bits per heavy atom. The van der Waals surface area contributed by atoms with Gasteiger partial charge in [0.05, 0.1) is 12.7 Å². The molecule has 0 aliphatic rings. The number of nitrogens with one attached hydrogen (secondary N) is 1. The van der Waals surface area contributed by atoms with Gasteiger partial charge in [0.2, 0.25) is 5.91 Å². The number of hydrogen-bond acceptors (Lipinski definition) is 3.